The largest absolute Gasteiger partial charge is 0.428 e. The van der Waals surface area contributed by atoms with Crippen molar-refractivity contribution in [2.45, 2.75) is 13.5 Å². The van der Waals surface area contributed by atoms with Crippen molar-refractivity contribution in [2.24, 2.45) is 7.05 Å². The lowest BCUT2D eigenvalue weighted by Crippen LogP contribution is -2.39. The fraction of sp³-hybridized carbons (Fsp3) is 0.188. The van der Waals surface area contributed by atoms with Crippen LogP contribution in [0.4, 0.5) is 0 Å². The molecule has 0 fully saturated rings. The van der Waals surface area contributed by atoms with Crippen LogP contribution in [-0.2, 0) is 13.6 Å². The highest BCUT2D eigenvalue weighted by atomic mass is 35.5. The average Bonchev–Trinajstić information content (AvgIpc) is 3.05. The molecule has 0 radical (unpaired) electrons. The van der Waals surface area contributed by atoms with Gasteiger partial charge in [-0.05, 0) is 24.6 Å². The number of rotatable bonds is 2. The Hall–Kier alpha value is -2.80. The monoisotopic (exact) mass is 344 g/mol. The van der Waals surface area contributed by atoms with Gasteiger partial charge >= 0.3 is 11.5 Å². The zero-order chi connectivity index (χ0) is 17.0. The number of imidazole rings is 1. The van der Waals surface area contributed by atoms with Crippen LogP contribution in [0.5, 0.6) is 0 Å². The van der Waals surface area contributed by atoms with Crippen molar-refractivity contribution in [3.8, 4) is 0 Å². The van der Waals surface area contributed by atoms with E-state index in [2.05, 4.69) is 4.98 Å². The fourth-order valence-corrected chi connectivity index (χ4v) is 3.03. The first-order valence-electron chi connectivity index (χ1n) is 7.28. The molecule has 0 aliphatic rings. The van der Waals surface area contributed by atoms with Gasteiger partial charge in [0.1, 0.15) is 5.76 Å². The first-order chi connectivity index (χ1) is 11.5. The van der Waals surface area contributed by atoms with E-state index in [4.69, 9.17) is 16.0 Å². The summed E-state index contributed by atoms with van der Waals surface area (Å²) in [5.41, 5.74) is 0.522. The first kappa shape index (κ1) is 14.8. The van der Waals surface area contributed by atoms with Gasteiger partial charge in [0.2, 0.25) is 0 Å². The van der Waals surface area contributed by atoms with E-state index in [1.807, 2.05) is 6.07 Å². The third kappa shape index (κ3) is 2.09. The van der Waals surface area contributed by atoms with E-state index in [1.165, 1.54) is 9.13 Å². The van der Waals surface area contributed by atoms with Gasteiger partial charge in [0.15, 0.2) is 11.2 Å². The van der Waals surface area contributed by atoms with Crippen LogP contribution in [0.1, 0.15) is 11.3 Å². The number of nitrogens with zero attached hydrogens (tertiary/aromatic N) is 4. The molecule has 0 amide bonds. The van der Waals surface area contributed by atoms with Gasteiger partial charge in [0.05, 0.1) is 12.7 Å². The van der Waals surface area contributed by atoms with Crippen molar-refractivity contribution in [3.05, 3.63) is 67.6 Å². The van der Waals surface area contributed by atoms with Gasteiger partial charge in [-0.2, -0.15) is 4.98 Å². The van der Waals surface area contributed by atoms with E-state index in [1.54, 1.807) is 42.8 Å². The molecule has 4 aromatic rings. The molecule has 0 aliphatic carbocycles. The fourth-order valence-electron chi connectivity index (χ4n) is 2.82. The molecule has 7 nitrogen and oxygen atoms in total. The molecule has 0 unspecified atom stereocenters. The minimum atomic E-state index is -0.440. The van der Waals surface area contributed by atoms with E-state index in [9.17, 15) is 9.59 Å². The molecule has 0 aliphatic heterocycles. The summed E-state index contributed by atoms with van der Waals surface area (Å²) >= 11 is 5.98. The molecule has 0 atom stereocenters. The highest BCUT2D eigenvalue weighted by Gasteiger charge is 2.19. The van der Waals surface area contributed by atoms with Crippen molar-refractivity contribution >= 4 is 28.6 Å². The Kier molecular flexibility index (Phi) is 3.14. The molecule has 8 heteroatoms. The lowest BCUT2D eigenvalue weighted by molar-refractivity contribution is 0.563. The van der Waals surface area contributed by atoms with Gasteiger partial charge in [-0.15, -0.1) is 0 Å². The second kappa shape index (κ2) is 5.10. The maximum absolute atomic E-state index is 12.9. The van der Waals surface area contributed by atoms with Gasteiger partial charge in [0.25, 0.3) is 5.56 Å². The molecule has 0 saturated carbocycles. The second-order valence-electron chi connectivity index (χ2n) is 5.64. The molecule has 4 rings (SSSR count). The molecule has 122 valence electrons. The summed E-state index contributed by atoms with van der Waals surface area (Å²) in [6.45, 7) is 1.90. The number of aromatic nitrogens is 4. The van der Waals surface area contributed by atoms with E-state index in [-0.39, 0.29) is 12.4 Å². The van der Waals surface area contributed by atoms with Gasteiger partial charge < -0.3 is 4.42 Å². The van der Waals surface area contributed by atoms with Crippen LogP contribution in [0, 0.1) is 6.92 Å². The summed E-state index contributed by atoms with van der Waals surface area (Å²) in [5.74, 6) is 0.921. The van der Waals surface area contributed by atoms with Gasteiger partial charge in [0, 0.05) is 12.1 Å². The summed E-state index contributed by atoms with van der Waals surface area (Å²) in [7, 11) is 1.58. The molecule has 24 heavy (non-hydrogen) atoms. The molecule has 0 N–H and O–H groups in total. The Morgan fingerprint density at radius 1 is 1.29 bits per heavy atom. The summed E-state index contributed by atoms with van der Waals surface area (Å²) in [4.78, 5) is 29.7. The maximum Gasteiger partial charge on any atom is 0.332 e. The minimum Gasteiger partial charge on any atom is -0.428 e. The zero-order valence-electron chi connectivity index (χ0n) is 13.0. The highest BCUT2D eigenvalue weighted by Crippen LogP contribution is 2.15. The van der Waals surface area contributed by atoms with Gasteiger partial charge in [-0.3, -0.25) is 18.3 Å². The average molecular weight is 345 g/mol. The lowest BCUT2D eigenvalue weighted by Gasteiger charge is -2.08. The van der Waals surface area contributed by atoms with Crippen molar-refractivity contribution < 1.29 is 4.42 Å². The Morgan fingerprint density at radius 2 is 2.08 bits per heavy atom. The Labute approximate surface area is 140 Å². The number of hydrogen-bond donors (Lipinski definition) is 0. The molecule has 0 spiro atoms. The highest BCUT2D eigenvalue weighted by molar-refractivity contribution is 6.30. The third-order valence-electron chi connectivity index (χ3n) is 3.94. The predicted molar refractivity (Wildman–Crippen MR) is 89.8 cm³/mol. The Balaban J connectivity index is 2.03. The van der Waals surface area contributed by atoms with Crippen molar-refractivity contribution in [1.29, 1.82) is 0 Å². The number of benzene rings is 1. The topological polar surface area (TPSA) is 74.4 Å². The van der Waals surface area contributed by atoms with E-state index >= 15 is 0 Å². The van der Waals surface area contributed by atoms with Crippen molar-refractivity contribution in [2.75, 3.05) is 0 Å². The zero-order valence-corrected chi connectivity index (χ0v) is 13.7. The van der Waals surface area contributed by atoms with E-state index < -0.39 is 11.2 Å². The van der Waals surface area contributed by atoms with Crippen LogP contribution >= 0.6 is 11.6 Å². The molecular formula is C16H13ClN4O3. The number of halogens is 1. The molecule has 0 bridgehead atoms. The van der Waals surface area contributed by atoms with Crippen LogP contribution < -0.4 is 11.2 Å². The molecule has 3 heterocycles. The van der Waals surface area contributed by atoms with Crippen LogP contribution in [0.3, 0.4) is 0 Å². The lowest BCUT2D eigenvalue weighted by atomic mass is 10.2. The summed E-state index contributed by atoms with van der Waals surface area (Å²) in [5, 5.41) is 0.552. The van der Waals surface area contributed by atoms with Gasteiger partial charge in [-0.1, -0.05) is 23.7 Å². The molecule has 0 saturated heterocycles. The van der Waals surface area contributed by atoms with Crippen LogP contribution in [0.15, 0.2) is 44.5 Å². The van der Waals surface area contributed by atoms with Crippen LogP contribution in [-0.4, -0.2) is 18.5 Å². The van der Waals surface area contributed by atoms with Crippen LogP contribution in [0.2, 0.25) is 5.02 Å². The molecule has 1 aromatic carbocycles. The maximum atomic E-state index is 12.9. The number of oxazole rings is 1. The summed E-state index contributed by atoms with van der Waals surface area (Å²) in [6, 6.07) is 7.06. The predicted octanol–water partition coefficient (Wildman–Crippen LogP) is 1.95. The third-order valence-corrected chi connectivity index (χ3v) is 4.17. The first-order valence-corrected chi connectivity index (χ1v) is 7.66. The van der Waals surface area contributed by atoms with Crippen molar-refractivity contribution in [3.63, 3.8) is 0 Å². The Bertz CT molecular complexity index is 1210. The molecular weight excluding hydrogens is 332 g/mol. The van der Waals surface area contributed by atoms with E-state index in [0.717, 1.165) is 5.56 Å². The quantitative estimate of drug-likeness (QED) is 0.557. The van der Waals surface area contributed by atoms with Crippen LogP contribution in [0.25, 0.3) is 17.0 Å². The number of aryl methyl sites for hydroxylation is 2. The second-order valence-corrected chi connectivity index (χ2v) is 6.08. The van der Waals surface area contributed by atoms with E-state index in [0.29, 0.717) is 21.9 Å². The number of hydrogen-bond acceptors (Lipinski definition) is 4. The summed E-state index contributed by atoms with van der Waals surface area (Å²) in [6.07, 6.45) is 1.68. The SMILES string of the molecule is Cc1cn2c(nc3c2c(=O)n(Cc2cccc(Cl)c2)c(=O)n3C)o1. The smallest absolute Gasteiger partial charge is 0.332 e. The number of fused-ring (bicyclic) bond motifs is 3. The molecule has 3 aromatic heterocycles. The normalized spacial score (nSPS) is 11.6. The van der Waals surface area contributed by atoms with Gasteiger partial charge in [-0.25, -0.2) is 4.79 Å². The standard InChI is InChI=1S/C16H13ClN4O3/c1-9-7-20-12-13(18-15(20)24-9)19(2)16(23)21(14(12)22)8-10-4-3-5-11(17)6-10/h3-7H,8H2,1-2H3. The summed E-state index contributed by atoms with van der Waals surface area (Å²) < 4.78 is 9.54. The Morgan fingerprint density at radius 3 is 2.83 bits per heavy atom. The van der Waals surface area contributed by atoms with Crippen molar-refractivity contribution in [1.82, 2.24) is 18.5 Å². The minimum absolute atomic E-state index is 0.131.